The molecule has 0 bridgehead atoms. The molecule has 3 rings (SSSR count). The predicted molar refractivity (Wildman–Crippen MR) is 92.6 cm³/mol. The molecule has 0 aliphatic carbocycles. The van der Waals surface area contributed by atoms with Crippen LogP contribution in [-0.4, -0.2) is 52.8 Å². The van der Waals surface area contributed by atoms with E-state index in [-0.39, 0.29) is 13.2 Å². The first-order chi connectivity index (χ1) is 11.6. The fourth-order valence-electron chi connectivity index (χ4n) is 2.53. The predicted octanol–water partition coefficient (Wildman–Crippen LogP) is 2.23. The normalized spacial score (nSPS) is 15.2. The topological polar surface area (TPSA) is 60.9 Å². The lowest BCUT2D eigenvalue weighted by Crippen LogP contribution is -2.40. The maximum absolute atomic E-state index is 12.4. The van der Waals surface area contributed by atoms with Crippen LogP contribution in [0.3, 0.4) is 0 Å². The number of carbonyl (C=O) groups is 3. The van der Waals surface area contributed by atoms with E-state index >= 15 is 0 Å². The third kappa shape index (κ3) is 3.55. The Hall–Kier alpha value is -2.03. The van der Waals surface area contributed by atoms with E-state index in [2.05, 4.69) is 0 Å². The summed E-state index contributed by atoms with van der Waals surface area (Å²) in [6.45, 7) is 0.952. The van der Waals surface area contributed by atoms with Gasteiger partial charge in [-0.3, -0.25) is 19.4 Å². The molecule has 1 aliphatic rings. The van der Waals surface area contributed by atoms with Gasteiger partial charge in [0.25, 0.3) is 0 Å². The zero-order valence-corrected chi connectivity index (χ0v) is 14.8. The van der Waals surface area contributed by atoms with Gasteiger partial charge in [0.2, 0.25) is 0 Å². The summed E-state index contributed by atoms with van der Waals surface area (Å²) < 4.78 is 0. The number of hydrogen-bond acceptors (Lipinski definition) is 6. The van der Waals surface area contributed by atoms with Crippen LogP contribution >= 0.6 is 22.7 Å². The van der Waals surface area contributed by atoms with Crippen molar-refractivity contribution in [1.82, 2.24) is 14.7 Å². The monoisotopic (exact) mass is 363 g/mol. The highest BCUT2D eigenvalue weighted by Crippen LogP contribution is 2.16. The SMILES string of the molecule is CN(Cc1ccsc1)CN1C(=O)C(=O)N(CCc2cccs2)C1=O. The molecule has 8 heteroatoms. The van der Waals surface area contributed by atoms with Crippen molar-refractivity contribution < 1.29 is 14.4 Å². The number of rotatable bonds is 7. The van der Waals surface area contributed by atoms with Crippen LogP contribution < -0.4 is 0 Å². The summed E-state index contributed by atoms with van der Waals surface area (Å²) in [6.07, 6.45) is 0.570. The molecular weight excluding hydrogens is 346 g/mol. The average Bonchev–Trinajstić information content (AvgIpc) is 3.28. The van der Waals surface area contributed by atoms with E-state index in [1.807, 2.05) is 46.3 Å². The van der Waals surface area contributed by atoms with Crippen molar-refractivity contribution in [2.24, 2.45) is 0 Å². The summed E-state index contributed by atoms with van der Waals surface area (Å²) in [4.78, 5) is 41.6. The Labute approximate surface area is 147 Å². The molecule has 0 unspecified atom stereocenters. The van der Waals surface area contributed by atoms with E-state index in [0.717, 1.165) is 20.2 Å². The van der Waals surface area contributed by atoms with Crippen LogP contribution in [-0.2, 0) is 22.6 Å². The van der Waals surface area contributed by atoms with Crippen LogP contribution in [0.15, 0.2) is 34.3 Å². The second-order valence-corrected chi connectivity index (χ2v) is 7.40. The average molecular weight is 363 g/mol. The highest BCUT2D eigenvalue weighted by Gasteiger charge is 2.44. The fraction of sp³-hybridized carbons (Fsp3) is 0.312. The molecule has 1 fully saturated rings. The minimum absolute atomic E-state index is 0.106. The van der Waals surface area contributed by atoms with Crippen LogP contribution in [0.4, 0.5) is 4.79 Å². The van der Waals surface area contributed by atoms with E-state index in [1.54, 1.807) is 22.7 Å². The molecule has 3 heterocycles. The van der Waals surface area contributed by atoms with E-state index < -0.39 is 17.8 Å². The Bertz CT molecular complexity index is 728. The molecule has 0 saturated carbocycles. The second kappa shape index (κ2) is 7.25. The van der Waals surface area contributed by atoms with Crippen molar-refractivity contribution in [3.8, 4) is 0 Å². The highest BCUT2D eigenvalue weighted by molar-refractivity contribution is 7.09. The smallest absolute Gasteiger partial charge is 0.284 e. The molecule has 2 aromatic heterocycles. The Kier molecular flexibility index (Phi) is 5.08. The van der Waals surface area contributed by atoms with Gasteiger partial charge in [0.05, 0.1) is 6.67 Å². The summed E-state index contributed by atoms with van der Waals surface area (Å²) in [5, 5.41) is 5.94. The van der Waals surface area contributed by atoms with Crippen molar-refractivity contribution in [3.05, 3.63) is 44.8 Å². The minimum Gasteiger partial charge on any atom is -0.284 e. The molecule has 24 heavy (non-hydrogen) atoms. The van der Waals surface area contributed by atoms with E-state index in [4.69, 9.17) is 0 Å². The minimum atomic E-state index is -0.747. The summed E-state index contributed by atoms with van der Waals surface area (Å²) in [7, 11) is 1.82. The van der Waals surface area contributed by atoms with Crippen molar-refractivity contribution in [2.45, 2.75) is 13.0 Å². The van der Waals surface area contributed by atoms with Crippen LogP contribution in [0.5, 0.6) is 0 Å². The van der Waals surface area contributed by atoms with Crippen molar-refractivity contribution in [1.29, 1.82) is 0 Å². The molecule has 6 nitrogen and oxygen atoms in total. The van der Waals surface area contributed by atoms with Gasteiger partial charge in [-0.25, -0.2) is 9.69 Å². The van der Waals surface area contributed by atoms with Crippen molar-refractivity contribution in [3.63, 3.8) is 0 Å². The Morgan fingerprint density at radius 2 is 1.88 bits per heavy atom. The molecule has 0 aromatic carbocycles. The Morgan fingerprint density at radius 1 is 1.08 bits per heavy atom. The third-order valence-corrected chi connectivity index (χ3v) is 5.38. The Balaban J connectivity index is 1.60. The van der Waals surface area contributed by atoms with Gasteiger partial charge in [-0.05, 0) is 40.9 Å². The lowest BCUT2D eigenvalue weighted by molar-refractivity contribution is -0.143. The van der Waals surface area contributed by atoms with Crippen molar-refractivity contribution >= 4 is 40.5 Å². The quantitative estimate of drug-likeness (QED) is 0.559. The first-order valence-corrected chi connectivity index (χ1v) is 9.28. The summed E-state index contributed by atoms with van der Waals surface area (Å²) in [5.74, 6) is -1.48. The molecule has 0 atom stereocenters. The molecule has 1 aliphatic heterocycles. The molecule has 0 radical (unpaired) electrons. The first-order valence-electron chi connectivity index (χ1n) is 7.45. The number of imide groups is 2. The molecule has 2 aromatic rings. The van der Waals surface area contributed by atoms with Crippen LogP contribution in [0.25, 0.3) is 0 Å². The molecule has 0 N–H and O–H groups in total. The highest BCUT2D eigenvalue weighted by atomic mass is 32.1. The third-order valence-electron chi connectivity index (χ3n) is 3.71. The maximum atomic E-state index is 12.4. The number of hydrogen-bond donors (Lipinski definition) is 0. The zero-order chi connectivity index (χ0) is 17.1. The number of thiophene rings is 2. The maximum Gasteiger partial charge on any atom is 0.335 e. The van der Waals surface area contributed by atoms with Gasteiger partial charge in [-0.1, -0.05) is 6.07 Å². The molecular formula is C16H17N3O3S2. The summed E-state index contributed by atoms with van der Waals surface area (Å²) >= 11 is 3.16. The largest absolute Gasteiger partial charge is 0.335 e. The van der Waals surface area contributed by atoms with E-state index in [0.29, 0.717) is 13.0 Å². The second-order valence-electron chi connectivity index (χ2n) is 5.59. The molecule has 4 amide bonds. The standard InChI is InChI=1S/C16H17N3O3S2/c1-17(9-12-5-8-23-10-12)11-19-15(21)14(20)18(16(19)22)6-4-13-3-2-7-24-13/h2-3,5,7-8,10H,4,6,9,11H2,1H3. The van der Waals surface area contributed by atoms with Crippen molar-refractivity contribution in [2.75, 3.05) is 20.3 Å². The van der Waals surface area contributed by atoms with Gasteiger partial charge in [-0.2, -0.15) is 11.3 Å². The van der Waals surface area contributed by atoms with Gasteiger partial charge in [0.15, 0.2) is 0 Å². The number of carbonyl (C=O) groups excluding carboxylic acids is 3. The number of amides is 4. The van der Waals surface area contributed by atoms with Crippen LogP contribution in [0.2, 0.25) is 0 Å². The number of nitrogens with zero attached hydrogens (tertiary/aromatic N) is 3. The van der Waals surface area contributed by atoms with Gasteiger partial charge < -0.3 is 0 Å². The fourth-order valence-corrected chi connectivity index (χ4v) is 3.89. The van der Waals surface area contributed by atoms with Crippen LogP contribution in [0, 0.1) is 0 Å². The number of urea groups is 1. The lowest BCUT2D eigenvalue weighted by atomic mass is 10.3. The lowest BCUT2D eigenvalue weighted by Gasteiger charge is -2.22. The van der Waals surface area contributed by atoms with Gasteiger partial charge >= 0.3 is 17.8 Å². The summed E-state index contributed by atoms with van der Waals surface area (Å²) in [6, 6.07) is 5.33. The Morgan fingerprint density at radius 3 is 2.54 bits per heavy atom. The van der Waals surface area contributed by atoms with Crippen LogP contribution in [0.1, 0.15) is 10.4 Å². The zero-order valence-electron chi connectivity index (χ0n) is 13.2. The van der Waals surface area contributed by atoms with Gasteiger partial charge in [0, 0.05) is 24.4 Å². The summed E-state index contributed by atoms with van der Waals surface area (Å²) in [5.41, 5.74) is 1.11. The first kappa shape index (κ1) is 16.8. The van der Waals surface area contributed by atoms with E-state index in [9.17, 15) is 14.4 Å². The molecule has 126 valence electrons. The van der Waals surface area contributed by atoms with Gasteiger partial charge in [-0.15, -0.1) is 11.3 Å². The molecule has 0 spiro atoms. The molecule has 1 saturated heterocycles. The van der Waals surface area contributed by atoms with E-state index in [1.165, 1.54) is 0 Å². The van der Waals surface area contributed by atoms with Gasteiger partial charge in [0.1, 0.15) is 0 Å².